The molecule has 1 aliphatic carbocycles. The van der Waals surface area contributed by atoms with Crippen molar-refractivity contribution in [2.45, 2.75) is 70.1 Å². The number of hydrogen-bond acceptors (Lipinski definition) is 4. The highest BCUT2D eigenvalue weighted by Crippen LogP contribution is 2.49. The third-order valence-corrected chi connectivity index (χ3v) is 12.3. The van der Waals surface area contributed by atoms with Gasteiger partial charge in [0.05, 0.1) is 0 Å². The fourth-order valence-corrected chi connectivity index (χ4v) is 8.99. The summed E-state index contributed by atoms with van der Waals surface area (Å²) in [5.74, 6) is 0. The Morgan fingerprint density at radius 3 is 1.70 bits per heavy atom. The lowest BCUT2D eigenvalue weighted by Crippen LogP contribution is -2.26. The van der Waals surface area contributed by atoms with Crippen molar-refractivity contribution >= 4 is 38.7 Å². The smallest absolute Gasteiger partial charge is 0.347 e. The molecule has 1 fully saturated rings. The van der Waals surface area contributed by atoms with Crippen LogP contribution in [0, 0.1) is 13.8 Å². The zero-order valence-corrected chi connectivity index (χ0v) is 30.5. The van der Waals surface area contributed by atoms with Gasteiger partial charge in [-0.3, -0.25) is 0 Å². The second kappa shape index (κ2) is 11.7. The zero-order valence-electron chi connectivity index (χ0n) is 28.9. The van der Waals surface area contributed by atoms with Gasteiger partial charge in [-0.2, -0.15) is 8.42 Å². The summed E-state index contributed by atoms with van der Waals surface area (Å²) < 4.78 is 29.7. The first-order chi connectivity index (χ1) is 22.0. The van der Waals surface area contributed by atoms with Crippen LogP contribution < -0.4 is 9.80 Å². The van der Waals surface area contributed by atoms with E-state index in [4.69, 9.17) is 11.6 Å². The average Bonchev–Trinajstić information content (AvgIpc) is 3.56. The predicted octanol–water partition coefficient (Wildman–Crippen LogP) is 9.00. The van der Waals surface area contributed by atoms with Crippen molar-refractivity contribution in [3.05, 3.63) is 135 Å². The SMILES string of the molecule is Cc1ccc(S(=O)(=O)/[N+](C)=C2C(=C/C=C3/N(C)c4ccc(C)cc4C3(C)C)/CCC/2=C\C=C2\N(C)c3ccc(Cl)cc3C2(C)C)cc1. The van der Waals surface area contributed by atoms with Gasteiger partial charge in [-0.15, -0.1) is 3.98 Å². The second-order valence-corrected chi connectivity index (χ2v) is 16.6. The van der Waals surface area contributed by atoms with E-state index in [0.717, 1.165) is 51.7 Å². The Bertz CT molecular complexity index is 1960. The van der Waals surface area contributed by atoms with E-state index in [1.807, 2.05) is 31.2 Å². The molecule has 0 radical (unpaired) electrons. The Hall–Kier alpha value is -3.87. The van der Waals surface area contributed by atoms with Crippen LogP contribution in [0.2, 0.25) is 5.02 Å². The van der Waals surface area contributed by atoms with Crippen LogP contribution in [0.4, 0.5) is 11.4 Å². The predicted molar refractivity (Wildman–Crippen MR) is 197 cm³/mol. The third kappa shape index (κ3) is 5.49. The van der Waals surface area contributed by atoms with Gasteiger partial charge in [0.15, 0.2) is 7.05 Å². The van der Waals surface area contributed by atoms with Gasteiger partial charge in [0.1, 0.15) is 4.90 Å². The zero-order chi connectivity index (χ0) is 34.1. The lowest BCUT2D eigenvalue weighted by atomic mass is 9.83. The monoisotopic (exact) mass is 666 g/mol. The largest absolute Gasteiger partial charge is 0.395 e. The molecule has 7 heteroatoms. The van der Waals surface area contributed by atoms with Crippen molar-refractivity contribution < 1.29 is 12.4 Å². The van der Waals surface area contributed by atoms with Crippen LogP contribution in [-0.4, -0.2) is 39.3 Å². The van der Waals surface area contributed by atoms with Crippen LogP contribution in [0.15, 0.2) is 112 Å². The fraction of sp³-hybridized carbons (Fsp3) is 0.325. The van der Waals surface area contributed by atoms with Crippen LogP contribution in [0.3, 0.4) is 0 Å². The Kier molecular flexibility index (Phi) is 8.21. The summed E-state index contributed by atoms with van der Waals surface area (Å²) >= 11 is 6.41. The standard InChI is InChI=1S/C40H45ClN3O2S/c1-26-10-18-31(19-11-26)47(45,46)44(9)38-28(15-22-36-39(3,4)32-24-27(2)12-20-34(32)42(36)7)13-14-29(38)16-23-37-40(5,6)33-25-30(41)17-21-35(33)43(37)8/h10-12,15-25H,13-14H2,1-9H3/q+1. The summed E-state index contributed by atoms with van der Waals surface area (Å²) in [6.45, 7) is 13.0. The maximum absolute atomic E-state index is 14.1. The number of sulfonamides is 1. The number of allylic oxidation sites excluding steroid dienone is 8. The molecule has 244 valence electrons. The van der Waals surface area contributed by atoms with E-state index in [1.54, 1.807) is 19.2 Å². The van der Waals surface area contributed by atoms with Crippen LogP contribution in [0.25, 0.3) is 0 Å². The number of likely N-dealkylation sites (N-methyl/N-ethyl adjacent to an activating group) is 2. The molecular weight excluding hydrogens is 622 g/mol. The lowest BCUT2D eigenvalue weighted by molar-refractivity contribution is -0.325. The van der Waals surface area contributed by atoms with Crippen molar-refractivity contribution in [1.29, 1.82) is 0 Å². The first kappa shape index (κ1) is 33.0. The number of nitrogens with zero attached hydrogens (tertiary/aromatic N) is 3. The fourth-order valence-electron chi connectivity index (χ4n) is 7.55. The lowest BCUT2D eigenvalue weighted by Gasteiger charge is -2.24. The van der Waals surface area contributed by atoms with Crippen LogP contribution in [0.1, 0.15) is 62.8 Å². The van der Waals surface area contributed by atoms with Crippen molar-refractivity contribution in [3.63, 3.8) is 0 Å². The minimum absolute atomic E-state index is 0.189. The normalized spacial score (nSPS) is 22.9. The highest BCUT2D eigenvalue weighted by atomic mass is 35.5. The van der Waals surface area contributed by atoms with E-state index in [9.17, 15) is 8.42 Å². The summed E-state index contributed by atoms with van der Waals surface area (Å²) in [5.41, 5.74) is 11.7. The molecule has 0 bridgehead atoms. The molecule has 0 aromatic heterocycles. The van der Waals surface area contributed by atoms with Crippen molar-refractivity contribution in [3.8, 4) is 0 Å². The van der Waals surface area contributed by atoms with Gasteiger partial charge in [-0.1, -0.05) is 86.8 Å². The van der Waals surface area contributed by atoms with E-state index < -0.39 is 10.0 Å². The summed E-state index contributed by atoms with van der Waals surface area (Å²) in [6, 6.07) is 19.8. The number of rotatable bonds is 4. The molecule has 0 atom stereocenters. The van der Waals surface area contributed by atoms with Crippen LogP contribution in [-0.2, 0) is 20.9 Å². The first-order valence-corrected chi connectivity index (χ1v) is 18.0. The first-order valence-electron chi connectivity index (χ1n) is 16.2. The van der Waals surface area contributed by atoms with Crippen molar-refractivity contribution in [2.75, 3.05) is 30.9 Å². The van der Waals surface area contributed by atoms with Gasteiger partial charge in [0.25, 0.3) is 0 Å². The Labute approximate surface area is 285 Å². The molecule has 2 heterocycles. The molecule has 3 aliphatic rings. The summed E-state index contributed by atoms with van der Waals surface area (Å²) in [7, 11) is 2.07. The number of anilines is 2. The van der Waals surface area contributed by atoms with Gasteiger partial charge in [-0.05, 0) is 86.4 Å². The Morgan fingerprint density at radius 2 is 1.17 bits per heavy atom. The second-order valence-electron chi connectivity index (χ2n) is 14.2. The Morgan fingerprint density at radius 1 is 0.702 bits per heavy atom. The van der Waals surface area contributed by atoms with E-state index in [2.05, 4.69) is 107 Å². The van der Waals surface area contributed by atoms with Crippen molar-refractivity contribution in [1.82, 2.24) is 0 Å². The van der Waals surface area contributed by atoms with Gasteiger partial charge in [0, 0.05) is 63.9 Å². The topological polar surface area (TPSA) is 43.6 Å². The van der Waals surface area contributed by atoms with E-state index in [0.29, 0.717) is 0 Å². The van der Waals surface area contributed by atoms with Gasteiger partial charge in [0.2, 0.25) is 5.71 Å². The minimum Gasteiger partial charge on any atom is -0.347 e. The van der Waals surface area contributed by atoms with E-state index >= 15 is 0 Å². The summed E-state index contributed by atoms with van der Waals surface area (Å²) in [5, 5.41) is 0.720. The number of halogens is 1. The molecule has 0 spiro atoms. The molecule has 1 saturated carbocycles. The molecule has 5 nitrogen and oxygen atoms in total. The number of hydrogen-bond donors (Lipinski definition) is 0. The maximum atomic E-state index is 14.1. The molecular formula is C40H45ClN3O2S+. The van der Waals surface area contributed by atoms with E-state index in [1.165, 1.54) is 32.1 Å². The maximum Gasteiger partial charge on any atom is 0.395 e. The Balaban J connectivity index is 1.48. The average molecular weight is 667 g/mol. The van der Waals surface area contributed by atoms with Crippen LogP contribution >= 0.6 is 11.6 Å². The summed E-state index contributed by atoms with van der Waals surface area (Å²) in [6.07, 6.45) is 10.1. The van der Waals surface area contributed by atoms with Crippen LogP contribution in [0.5, 0.6) is 0 Å². The highest BCUT2D eigenvalue weighted by Gasteiger charge is 2.41. The van der Waals surface area contributed by atoms with Gasteiger partial charge in [-0.25, -0.2) is 0 Å². The molecule has 2 aliphatic heterocycles. The molecule has 6 rings (SSSR count). The molecule has 0 saturated heterocycles. The molecule has 0 amide bonds. The molecule has 0 N–H and O–H groups in total. The molecule has 47 heavy (non-hydrogen) atoms. The highest BCUT2D eigenvalue weighted by molar-refractivity contribution is 7.85. The number of aryl methyl sites for hydroxylation is 2. The van der Waals surface area contributed by atoms with Gasteiger partial charge < -0.3 is 9.80 Å². The van der Waals surface area contributed by atoms with Gasteiger partial charge >= 0.3 is 10.0 Å². The quantitative estimate of drug-likeness (QED) is 0.261. The molecule has 3 aromatic rings. The number of fused-ring (bicyclic) bond motifs is 2. The third-order valence-electron chi connectivity index (χ3n) is 10.3. The summed E-state index contributed by atoms with van der Waals surface area (Å²) in [4.78, 5) is 4.76. The molecule has 0 unspecified atom stereocenters. The number of benzene rings is 3. The van der Waals surface area contributed by atoms with Crippen molar-refractivity contribution in [2.24, 2.45) is 0 Å². The molecule has 3 aromatic carbocycles. The van der Waals surface area contributed by atoms with E-state index in [-0.39, 0.29) is 15.7 Å². The minimum atomic E-state index is -3.81.